The molecule has 0 aliphatic carbocycles. The zero-order valence-corrected chi connectivity index (χ0v) is 9.47. The fraction of sp³-hybridized carbons (Fsp3) is 0.300. The van der Waals surface area contributed by atoms with Gasteiger partial charge in [-0.3, -0.25) is 4.79 Å². The molecule has 1 rings (SSSR count). The number of thioether (sulfide) groups is 1. The lowest BCUT2D eigenvalue weighted by Crippen LogP contribution is -2.23. The van der Waals surface area contributed by atoms with E-state index in [0.717, 1.165) is 0 Å². The Morgan fingerprint density at radius 3 is 2.73 bits per heavy atom. The van der Waals surface area contributed by atoms with Crippen molar-refractivity contribution in [3.05, 3.63) is 24.0 Å². The van der Waals surface area contributed by atoms with Gasteiger partial charge >= 0.3 is 0 Å². The standard InChI is InChI=1S/C10H13FN2OS/c1-13(2)10(14)6-15-7-3-4-9(12)8(11)5-7/h3-5H,6,12H2,1-2H3. The minimum atomic E-state index is -0.447. The molecule has 2 N–H and O–H groups in total. The highest BCUT2D eigenvalue weighted by Crippen LogP contribution is 2.21. The van der Waals surface area contributed by atoms with Crippen LogP contribution in [-0.4, -0.2) is 30.7 Å². The molecule has 1 aromatic rings. The maximum Gasteiger partial charge on any atom is 0.232 e. The summed E-state index contributed by atoms with van der Waals surface area (Å²) in [7, 11) is 3.37. The molecular formula is C10H13FN2OS. The number of rotatable bonds is 3. The van der Waals surface area contributed by atoms with Crippen molar-refractivity contribution in [1.82, 2.24) is 4.90 Å². The number of amides is 1. The molecule has 0 bridgehead atoms. The van der Waals surface area contributed by atoms with Crippen molar-refractivity contribution in [3.8, 4) is 0 Å². The van der Waals surface area contributed by atoms with Gasteiger partial charge in [-0.2, -0.15) is 0 Å². The van der Waals surface area contributed by atoms with Crippen LogP contribution in [0, 0.1) is 5.82 Å². The molecule has 0 saturated heterocycles. The van der Waals surface area contributed by atoms with Crippen molar-refractivity contribution in [1.29, 1.82) is 0 Å². The largest absolute Gasteiger partial charge is 0.396 e. The molecule has 0 aliphatic heterocycles. The highest BCUT2D eigenvalue weighted by Gasteiger charge is 2.06. The molecule has 0 aromatic heterocycles. The molecule has 0 unspecified atom stereocenters. The van der Waals surface area contributed by atoms with Gasteiger partial charge in [-0.05, 0) is 18.2 Å². The molecule has 0 atom stereocenters. The quantitative estimate of drug-likeness (QED) is 0.631. The van der Waals surface area contributed by atoms with Crippen LogP contribution in [0.1, 0.15) is 0 Å². The summed E-state index contributed by atoms with van der Waals surface area (Å²) >= 11 is 1.29. The van der Waals surface area contributed by atoms with E-state index in [2.05, 4.69) is 0 Å². The summed E-state index contributed by atoms with van der Waals surface area (Å²) in [6.45, 7) is 0. The van der Waals surface area contributed by atoms with E-state index < -0.39 is 5.82 Å². The number of hydrogen-bond acceptors (Lipinski definition) is 3. The molecule has 15 heavy (non-hydrogen) atoms. The van der Waals surface area contributed by atoms with Crippen molar-refractivity contribution in [2.75, 3.05) is 25.6 Å². The number of carbonyl (C=O) groups is 1. The summed E-state index contributed by atoms with van der Waals surface area (Å²) in [6.07, 6.45) is 0. The van der Waals surface area contributed by atoms with Crippen molar-refractivity contribution in [2.45, 2.75) is 4.90 Å². The first-order valence-electron chi connectivity index (χ1n) is 4.38. The van der Waals surface area contributed by atoms with Crippen LogP contribution in [0.2, 0.25) is 0 Å². The molecule has 0 heterocycles. The van der Waals surface area contributed by atoms with Gasteiger partial charge in [0.15, 0.2) is 0 Å². The van der Waals surface area contributed by atoms with Crippen LogP contribution in [0.25, 0.3) is 0 Å². The minimum Gasteiger partial charge on any atom is -0.396 e. The Morgan fingerprint density at radius 1 is 1.53 bits per heavy atom. The highest BCUT2D eigenvalue weighted by molar-refractivity contribution is 8.00. The molecule has 1 aromatic carbocycles. The van der Waals surface area contributed by atoms with Crippen LogP contribution in [0.4, 0.5) is 10.1 Å². The summed E-state index contributed by atoms with van der Waals surface area (Å²) in [5, 5.41) is 0. The Hall–Kier alpha value is -1.23. The van der Waals surface area contributed by atoms with E-state index in [0.29, 0.717) is 10.6 Å². The molecule has 5 heteroatoms. The lowest BCUT2D eigenvalue weighted by Gasteiger charge is -2.09. The normalized spacial score (nSPS) is 10.1. The Kier molecular flexibility index (Phi) is 3.96. The first-order chi connectivity index (χ1) is 7.00. The molecule has 0 fully saturated rings. The third kappa shape index (κ3) is 3.43. The number of nitrogen functional groups attached to an aromatic ring is 1. The molecular weight excluding hydrogens is 215 g/mol. The monoisotopic (exact) mass is 228 g/mol. The number of hydrogen-bond donors (Lipinski definition) is 1. The Balaban J connectivity index is 2.58. The summed E-state index contributed by atoms with van der Waals surface area (Å²) in [5.41, 5.74) is 5.46. The predicted molar refractivity (Wildman–Crippen MR) is 60.2 cm³/mol. The first kappa shape index (κ1) is 11.8. The summed E-state index contributed by atoms with van der Waals surface area (Å²) in [5.74, 6) is -0.148. The van der Waals surface area contributed by atoms with E-state index in [4.69, 9.17) is 5.73 Å². The number of benzene rings is 1. The smallest absolute Gasteiger partial charge is 0.232 e. The van der Waals surface area contributed by atoms with Gasteiger partial charge in [-0.25, -0.2) is 4.39 Å². The fourth-order valence-corrected chi connectivity index (χ4v) is 1.77. The Morgan fingerprint density at radius 2 is 2.20 bits per heavy atom. The molecule has 82 valence electrons. The summed E-state index contributed by atoms with van der Waals surface area (Å²) < 4.78 is 13.0. The summed E-state index contributed by atoms with van der Waals surface area (Å²) in [6, 6.07) is 4.53. The van der Waals surface area contributed by atoms with E-state index in [1.165, 1.54) is 28.8 Å². The number of nitrogens with zero attached hydrogens (tertiary/aromatic N) is 1. The number of carbonyl (C=O) groups excluding carboxylic acids is 1. The zero-order chi connectivity index (χ0) is 11.4. The van der Waals surface area contributed by atoms with Gasteiger partial charge in [0.2, 0.25) is 5.91 Å². The topological polar surface area (TPSA) is 46.3 Å². The van der Waals surface area contributed by atoms with Crippen LogP contribution in [0.15, 0.2) is 23.1 Å². The van der Waals surface area contributed by atoms with E-state index in [-0.39, 0.29) is 11.6 Å². The maximum absolute atomic E-state index is 13.0. The molecule has 0 aliphatic rings. The first-order valence-corrected chi connectivity index (χ1v) is 5.37. The van der Waals surface area contributed by atoms with Gasteiger partial charge in [0.1, 0.15) is 5.82 Å². The van der Waals surface area contributed by atoms with Crippen LogP contribution < -0.4 is 5.73 Å². The van der Waals surface area contributed by atoms with Gasteiger partial charge in [0, 0.05) is 19.0 Å². The van der Waals surface area contributed by atoms with E-state index in [1.54, 1.807) is 20.2 Å². The average Bonchev–Trinajstić information content (AvgIpc) is 2.19. The van der Waals surface area contributed by atoms with E-state index in [1.807, 2.05) is 0 Å². The van der Waals surface area contributed by atoms with Crippen LogP contribution in [0.3, 0.4) is 0 Å². The van der Waals surface area contributed by atoms with Gasteiger partial charge < -0.3 is 10.6 Å². The van der Waals surface area contributed by atoms with Crippen molar-refractivity contribution in [3.63, 3.8) is 0 Å². The molecule has 1 amide bonds. The third-order valence-corrected chi connectivity index (χ3v) is 2.81. The zero-order valence-electron chi connectivity index (χ0n) is 8.66. The lowest BCUT2D eigenvalue weighted by molar-refractivity contribution is -0.125. The van der Waals surface area contributed by atoms with Gasteiger partial charge in [0.25, 0.3) is 0 Å². The lowest BCUT2D eigenvalue weighted by atomic mass is 10.3. The van der Waals surface area contributed by atoms with Crippen molar-refractivity contribution >= 4 is 23.4 Å². The van der Waals surface area contributed by atoms with Crippen LogP contribution in [-0.2, 0) is 4.79 Å². The predicted octanol–water partition coefficient (Wildman–Crippen LogP) is 1.59. The average molecular weight is 228 g/mol. The van der Waals surface area contributed by atoms with Crippen LogP contribution >= 0.6 is 11.8 Å². The highest BCUT2D eigenvalue weighted by atomic mass is 32.2. The Bertz CT molecular complexity index is 368. The van der Waals surface area contributed by atoms with E-state index in [9.17, 15) is 9.18 Å². The third-order valence-electron chi connectivity index (χ3n) is 1.83. The van der Waals surface area contributed by atoms with E-state index >= 15 is 0 Å². The Labute approximate surface area is 92.4 Å². The van der Waals surface area contributed by atoms with Gasteiger partial charge in [-0.1, -0.05) is 0 Å². The molecule has 0 spiro atoms. The second-order valence-corrected chi connectivity index (χ2v) is 4.31. The number of halogens is 1. The molecule has 3 nitrogen and oxygen atoms in total. The SMILES string of the molecule is CN(C)C(=O)CSc1ccc(N)c(F)c1. The minimum absolute atomic E-state index is 0.00256. The number of nitrogens with two attached hydrogens (primary N) is 1. The summed E-state index contributed by atoms with van der Waals surface area (Å²) in [4.78, 5) is 13.5. The second-order valence-electron chi connectivity index (χ2n) is 3.26. The van der Waals surface area contributed by atoms with Crippen LogP contribution in [0.5, 0.6) is 0 Å². The number of anilines is 1. The second kappa shape index (κ2) is 5.02. The van der Waals surface area contributed by atoms with Crippen molar-refractivity contribution < 1.29 is 9.18 Å². The van der Waals surface area contributed by atoms with Gasteiger partial charge in [-0.15, -0.1) is 11.8 Å². The fourth-order valence-electron chi connectivity index (χ4n) is 0.872. The van der Waals surface area contributed by atoms with Gasteiger partial charge in [0.05, 0.1) is 11.4 Å². The molecule has 0 saturated carbocycles. The molecule has 0 radical (unpaired) electrons. The van der Waals surface area contributed by atoms with Crippen molar-refractivity contribution in [2.24, 2.45) is 0 Å². The maximum atomic E-state index is 13.0.